The molecule has 0 spiro atoms. The summed E-state index contributed by atoms with van der Waals surface area (Å²) in [6.45, 7) is -0.0399. The summed E-state index contributed by atoms with van der Waals surface area (Å²) >= 11 is 0. The Balaban J connectivity index is 1.73. The largest absolute Gasteiger partial charge is 0.573 e. The number of carboxylic acid groups (broad SMARTS) is 1. The lowest BCUT2D eigenvalue weighted by Crippen LogP contribution is -2.44. The molecule has 1 atom stereocenters. The lowest BCUT2D eigenvalue weighted by atomic mass is 9.97. The Morgan fingerprint density at radius 1 is 0.919 bits per heavy atom. The van der Waals surface area contributed by atoms with Gasteiger partial charge in [0.25, 0.3) is 0 Å². The number of rotatable bonds is 7. The van der Waals surface area contributed by atoms with E-state index < -0.39 is 31.0 Å². The zero-order chi connectivity index (χ0) is 26.8. The molecule has 0 fully saturated rings. The van der Waals surface area contributed by atoms with Gasteiger partial charge in [-0.1, -0.05) is 36.4 Å². The SMILES string of the molecule is O=C(O)c1cccc(C2CN(Cc3cccc(OC(F)(F)F)c3)c3ccccc3N2CCC(F)(F)F)c1. The molecule has 0 saturated carbocycles. The number of benzene rings is 3. The summed E-state index contributed by atoms with van der Waals surface area (Å²) in [5.41, 5.74) is 2.12. The van der Waals surface area contributed by atoms with Crippen LogP contribution in [0, 0.1) is 0 Å². The summed E-state index contributed by atoms with van der Waals surface area (Å²) in [5, 5.41) is 9.43. The highest BCUT2D eigenvalue weighted by Crippen LogP contribution is 2.42. The van der Waals surface area contributed by atoms with Gasteiger partial charge in [-0.05, 0) is 47.5 Å². The quantitative estimate of drug-likeness (QED) is 0.345. The molecular formula is C26H22F6N2O3. The van der Waals surface area contributed by atoms with Gasteiger partial charge in [0.05, 0.1) is 29.4 Å². The predicted molar refractivity (Wildman–Crippen MR) is 125 cm³/mol. The van der Waals surface area contributed by atoms with Gasteiger partial charge in [-0.25, -0.2) is 4.79 Å². The third kappa shape index (κ3) is 6.66. The number of halogens is 6. The van der Waals surface area contributed by atoms with Crippen molar-refractivity contribution in [3.63, 3.8) is 0 Å². The molecule has 0 aliphatic carbocycles. The molecule has 1 heterocycles. The third-order valence-corrected chi connectivity index (χ3v) is 5.96. The summed E-state index contributed by atoms with van der Waals surface area (Å²) < 4.78 is 81.7. The van der Waals surface area contributed by atoms with E-state index in [9.17, 15) is 36.2 Å². The average Bonchev–Trinajstić information content (AvgIpc) is 2.82. The molecule has 4 rings (SSSR count). The van der Waals surface area contributed by atoms with Crippen LogP contribution in [-0.2, 0) is 6.54 Å². The zero-order valence-electron chi connectivity index (χ0n) is 19.3. The van der Waals surface area contributed by atoms with Crippen LogP contribution < -0.4 is 14.5 Å². The zero-order valence-corrected chi connectivity index (χ0v) is 19.3. The standard InChI is InChI=1S/C26H22F6N2O3/c27-25(28,29)11-12-34-22-10-2-1-9-21(22)33(15-17-5-3-8-20(13-17)37-26(30,31)32)16-23(34)18-6-4-7-19(14-18)24(35)36/h1-10,13-14,23H,11-12,15-16H2,(H,35,36). The number of carboxylic acids is 1. The Hall–Kier alpha value is -3.89. The summed E-state index contributed by atoms with van der Waals surface area (Å²) in [4.78, 5) is 15.0. The molecule has 1 aliphatic heterocycles. The van der Waals surface area contributed by atoms with Crippen molar-refractivity contribution in [2.45, 2.75) is 31.5 Å². The number of alkyl halides is 6. The first-order valence-corrected chi connectivity index (χ1v) is 11.2. The summed E-state index contributed by atoms with van der Waals surface area (Å²) in [6, 6.07) is 17.7. The maximum Gasteiger partial charge on any atom is 0.573 e. The van der Waals surface area contributed by atoms with E-state index in [-0.39, 0.29) is 30.9 Å². The van der Waals surface area contributed by atoms with E-state index in [0.29, 0.717) is 22.5 Å². The van der Waals surface area contributed by atoms with Gasteiger partial charge in [0.15, 0.2) is 0 Å². The van der Waals surface area contributed by atoms with E-state index in [2.05, 4.69) is 4.74 Å². The minimum absolute atomic E-state index is 0.00400. The second-order valence-electron chi connectivity index (χ2n) is 8.57. The van der Waals surface area contributed by atoms with Crippen molar-refractivity contribution in [1.29, 1.82) is 0 Å². The smallest absolute Gasteiger partial charge is 0.478 e. The van der Waals surface area contributed by atoms with Gasteiger partial charge in [0.1, 0.15) is 5.75 Å². The Morgan fingerprint density at radius 3 is 2.30 bits per heavy atom. The van der Waals surface area contributed by atoms with Crippen LogP contribution in [0.4, 0.5) is 37.7 Å². The van der Waals surface area contributed by atoms with Crippen molar-refractivity contribution in [2.24, 2.45) is 0 Å². The van der Waals surface area contributed by atoms with Crippen LogP contribution >= 0.6 is 0 Å². The number of anilines is 2. The number of nitrogens with zero attached hydrogens (tertiary/aromatic N) is 2. The number of hydrogen-bond acceptors (Lipinski definition) is 4. The van der Waals surface area contributed by atoms with Crippen molar-refractivity contribution in [2.75, 3.05) is 22.9 Å². The highest BCUT2D eigenvalue weighted by molar-refractivity contribution is 5.88. The normalized spacial score (nSPS) is 15.9. The van der Waals surface area contributed by atoms with E-state index in [0.717, 1.165) is 0 Å². The molecule has 0 aromatic heterocycles. The number of carbonyl (C=O) groups is 1. The van der Waals surface area contributed by atoms with E-state index in [1.54, 1.807) is 41.3 Å². The Kier molecular flexibility index (Phi) is 7.24. The second kappa shape index (κ2) is 10.2. The number of para-hydroxylation sites is 2. The molecule has 37 heavy (non-hydrogen) atoms. The van der Waals surface area contributed by atoms with Crippen LogP contribution in [0.15, 0.2) is 72.8 Å². The topological polar surface area (TPSA) is 53.0 Å². The number of hydrogen-bond donors (Lipinski definition) is 1. The number of fused-ring (bicyclic) bond motifs is 1. The van der Waals surface area contributed by atoms with Gasteiger partial charge in [-0.2, -0.15) is 13.2 Å². The fourth-order valence-corrected chi connectivity index (χ4v) is 4.45. The third-order valence-electron chi connectivity index (χ3n) is 5.96. The first-order chi connectivity index (χ1) is 17.4. The van der Waals surface area contributed by atoms with Crippen LogP contribution in [0.1, 0.15) is 33.9 Å². The van der Waals surface area contributed by atoms with Crippen LogP contribution in [0.25, 0.3) is 0 Å². The fourth-order valence-electron chi connectivity index (χ4n) is 4.45. The molecule has 0 bridgehead atoms. The molecule has 0 radical (unpaired) electrons. The maximum atomic E-state index is 13.2. The van der Waals surface area contributed by atoms with Crippen molar-refractivity contribution < 1.29 is 41.0 Å². The predicted octanol–water partition coefficient (Wildman–Crippen LogP) is 6.80. The van der Waals surface area contributed by atoms with Crippen LogP contribution in [0.5, 0.6) is 5.75 Å². The highest BCUT2D eigenvalue weighted by atomic mass is 19.4. The molecule has 1 aliphatic rings. The van der Waals surface area contributed by atoms with E-state index in [1.165, 1.54) is 36.4 Å². The van der Waals surface area contributed by atoms with Gasteiger partial charge in [0.2, 0.25) is 0 Å². The highest BCUT2D eigenvalue weighted by Gasteiger charge is 2.36. The molecule has 11 heteroatoms. The minimum atomic E-state index is -4.85. The maximum absolute atomic E-state index is 13.2. The molecule has 1 unspecified atom stereocenters. The lowest BCUT2D eigenvalue weighted by molar-refractivity contribution is -0.274. The Labute approximate surface area is 208 Å². The molecule has 0 amide bonds. The van der Waals surface area contributed by atoms with Gasteiger partial charge in [-0.15, -0.1) is 13.2 Å². The average molecular weight is 524 g/mol. The molecule has 3 aromatic rings. The lowest BCUT2D eigenvalue weighted by Gasteiger charge is -2.45. The fraction of sp³-hybridized carbons (Fsp3) is 0.269. The van der Waals surface area contributed by atoms with Crippen LogP contribution in [-0.4, -0.2) is 36.7 Å². The number of aromatic carboxylic acids is 1. The van der Waals surface area contributed by atoms with Gasteiger partial charge >= 0.3 is 18.5 Å². The van der Waals surface area contributed by atoms with Crippen molar-refractivity contribution in [3.8, 4) is 5.75 Å². The first kappa shape index (κ1) is 26.2. The van der Waals surface area contributed by atoms with E-state index in [1.807, 2.05) is 4.90 Å². The molecule has 196 valence electrons. The van der Waals surface area contributed by atoms with Crippen molar-refractivity contribution in [1.82, 2.24) is 0 Å². The van der Waals surface area contributed by atoms with Crippen LogP contribution in [0.2, 0.25) is 0 Å². The second-order valence-corrected chi connectivity index (χ2v) is 8.57. The molecule has 1 N–H and O–H groups in total. The molecule has 5 nitrogen and oxygen atoms in total. The van der Waals surface area contributed by atoms with E-state index >= 15 is 0 Å². The summed E-state index contributed by atoms with van der Waals surface area (Å²) in [6.07, 6.45) is -10.3. The minimum Gasteiger partial charge on any atom is -0.478 e. The monoisotopic (exact) mass is 524 g/mol. The molecule has 3 aromatic carbocycles. The number of ether oxygens (including phenoxy) is 1. The molecular weight excluding hydrogens is 502 g/mol. The first-order valence-electron chi connectivity index (χ1n) is 11.2. The summed E-state index contributed by atoms with van der Waals surface area (Å²) in [7, 11) is 0. The van der Waals surface area contributed by atoms with Gasteiger partial charge in [0, 0.05) is 19.6 Å². The summed E-state index contributed by atoms with van der Waals surface area (Å²) in [5.74, 6) is -1.55. The van der Waals surface area contributed by atoms with E-state index in [4.69, 9.17) is 0 Å². The molecule has 0 saturated heterocycles. The van der Waals surface area contributed by atoms with Gasteiger partial charge in [-0.3, -0.25) is 0 Å². The Morgan fingerprint density at radius 2 is 1.62 bits per heavy atom. The van der Waals surface area contributed by atoms with Crippen molar-refractivity contribution >= 4 is 17.3 Å². The van der Waals surface area contributed by atoms with Crippen LogP contribution in [0.3, 0.4) is 0 Å². The van der Waals surface area contributed by atoms with Crippen molar-refractivity contribution in [3.05, 3.63) is 89.5 Å². The van der Waals surface area contributed by atoms with Gasteiger partial charge < -0.3 is 19.6 Å². The Bertz CT molecular complexity index is 1260.